The Kier molecular flexibility index (Phi) is 3.86. The molecular formula is C25H25N2O+. The fraction of sp³-hybridized carbons (Fsp3) is 0.280. The van der Waals surface area contributed by atoms with Gasteiger partial charge in [-0.2, -0.15) is 4.57 Å². The van der Waals surface area contributed by atoms with Crippen LogP contribution in [-0.4, -0.2) is 0 Å². The number of hydrogen-bond donors (Lipinski definition) is 0. The third-order valence-corrected chi connectivity index (χ3v) is 5.22. The molecule has 0 aliphatic carbocycles. The van der Waals surface area contributed by atoms with Gasteiger partial charge < -0.3 is 4.42 Å². The molecule has 0 amide bonds. The highest BCUT2D eigenvalue weighted by Crippen LogP contribution is 2.38. The minimum Gasteiger partial charge on any atom is -0.455 e. The van der Waals surface area contributed by atoms with Crippen LogP contribution in [0.2, 0.25) is 0 Å². The molecule has 2 aromatic heterocycles. The standard InChI is InChI=1S/C25H25N2O/c1-15(2)11-18-12-17(4)27(6)22(13-18)24-16(3)7-9-20-21-14-19(26-5)8-10-23(21)28-25(20)24/h7-10,12-15H,11H2,1-4,6H3/q+1/i11D2. The van der Waals surface area contributed by atoms with E-state index in [-0.39, 0.29) is 5.92 Å². The van der Waals surface area contributed by atoms with Crippen molar-refractivity contribution in [2.45, 2.75) is 34.1 Å². The maximum atomic E-state index is 8.60. The third kappa shape index (κ3) is 2.96. The van der Waals surface area contributed by atoms with Gasteiger partial charge in [0.1, 0.15) is 18.2 Å². The second-order valence-electron chi connectivity index (χ2n) is 7.66. The summed E-state index contributed by atoms with van der Waals surface area (Å²) in [6, 6.07) is 13.5. The molecule has 0 N–H and O–H groups in total. The lowest BCUT2D eigenvalue weighted by atomic mass is 9.96. The fourth-order valence-electron chi connectivity index (χ4n) is 3.77. The molecule has 4 rings (SSSR count). The summed E-state index contributed by atoms with van der Waals surface area (Å²) in [6.07, 6.45) is -1.44. The highest BCUT2D eigenvalue weighted by atomic mass is 16.3. The van der Waals surface area contributed by atoms with E-state index in [9.17, 15) is 0 Å². The lowest BCUT2D eigenvalue weighted by Crippen LogP contribution is -2.35. The predicted molar refractivity (Wildman–Crippen MR) is 115 cm³/mol. The Bertz CT molecular complexity index is 1340. The van der Waals surface area contributed by atoms with Crippen LogP contribution in [0.15, 0.2) is 46.9 Å². The largest absolute Gasteiger partial charge is 0.455 e. The van der Waals surface area contributed by atoms with Gasteiger partial charge >= 0.3 is 0 Å². The van der Waals surface area contributed by atoms with Crippen molar-refractivity contribution in [3.05, 3.63) is 70.7 Å². The lowest BCUT2D eigenvalue weighted by Gasteiger charge is -2.11. The van der Waals surface area contributed by atoms with E-state index in [0.29, 0.717) is 11.3 Å². The molecule has 0 aliphatic heterocycles. The molecule has 0 radical (unpaired) electrons. The number of rotatable bonds is 3. The van der Waals surface area contributed by atoms with Crippen molar-refractivity contribution in [2.75, 3.05) is 0 Å². The van der Waals surface area contributed by atoms with Gasteiger partial charge in [0.15, 0.2) is 11.4 Å². The molecule has 3 nitrogen and oxygen atoms in total. The van der Waals surface area contributed by atoms with Crippen LogP contribution in [0.1, 0.15) is 33.4 Å². The first-order valence-corrected chi connectivity index (χ1v) is 9.50. The molecular weight excluding hydrogens is 344 g/mol. The van der Waals surface area contributed by atoms with Crippen molar-refractivity contribution in [1.29, 1.82) is 0 Å². The summed E-state index contributed by atoms with van der Waals surface area (Å²) >= 11 is 0. The van der Waals surface area contributed by atoms with E-state index in [4.69, 9.17) is 13.7 Å². The van der Waals surface area contributed by atoms with Crippen LogP contribution in [0.25, 0.3) is 38.0 Å². The molecule has 3 heteroatoms. The van der Waals surface area contributed by atoms with E-state index >= 15 is 0 Å². The molecule has 4 aromatic rings. The van der Waals surface area contributed by atoms with Gasteiger partial charge in [-0.3, -0.25) is 0 Å². The van der Waals surface area contributed by atoms with Gasteiger partial charge in [-0.25, -0.2) is 4.85 Å². The highest BCUT2D eigenvalue weighted by molar-refractivity contribution is 6.10. The number of pyridine rings is 1. The van der Waals surface area contributed by atoms with E-state index in [1.807, 2.05) is 65.1 Å². The summed E-state index contributed by atoms with van der Waals surface area (Å²) in [5, 5.41) is 1.89. The Morgan fingerprint density at radius 3 is 2.61 bits per heavy atom. The quantitative estimate of drug-likeness (QED) is 0.300. The van der Waals surface area contributed by atoms with Gasteiger partial charge in [0, 0.05) is 32.6 Å². The summed E-state index contributed by atoms with van der Waals surface area (Å²) in [5.74, 6) is -0.146. The minimum atomic E-state index is -1.44. The number of hydrogen-bond acceptors (Lipinski definition) is 1. The van der Waals surface area contributed by atoms with Crippen molar-refractivity contribution in [3.8, 4) is 11.3 Å². The van der Waals surface area contributed by atoms with Crippen molar-refractivity contribution >= 4 is 27.6 Å². The van der Waals surface area contributed by atoms with Crippen LogP contribution in [0, 0.1) is 26.3 Å². The number of aryl methyl sites for hydroxylation is 2. The van der Waals surface area contributed by atoms with E-state index in [1.165, 1.54) is 0 Å². The van der Waals surface area contributed by atoms with Gasteiger partial charge in [0.25, 0.3) is 0 Å². The molecule has 2 aromatic carbocycles. The lowest BCUT2D eigenvalue weighted by molar-refractivity contribution is -0.666. The third-order valence-electron chi connectivity index (χ3n) is 5.22. The molecule has 0 saturated carbocycles. The van der Waals surface area contributed by atoms with Crippen LogP contribution < -0.4 is 4.57 Å². The highest BCUT2D eigenvalue weighted by Gasteiger charge is 2.22. The van der Waals surface area contributed by atoms with Crippen molar-refractivity contribution in [3.63, 3.8) is 0 Å². The Hall–Kier alpha value is -3.12. The number of aromatic nitrogens is 1. The predicted octanol–water partition coefficient (Wildman–Crippen LogP) is 6.44. The molecule has 0 saturated heterocycles. The normalized spacial score (nSPS) is 13.0. The first kappa shape index (κ1) is 15.9. The van der Waals surface area contributed by atoms with E-state index in [1.54, 1.807) is 6.07 Å². The van der Waals surface area contributed by atoms with Crippen molar-refractivity contribution in [2.24, 2.45) is 13.0 Å². The number of nitrogens with zero attached hydrogens (tertiary/aromatic N) is 2. The fourth-order valence-corrected chi connectivity index (χ4v) is 3.77. The van der Waals surface area contributed by atoms with Crippen molar-refractivity contribution < 1.29 is 11.7 Å². The number of furan rings is 1. The van der Waals surface area contributed by atoms with Gasteiger partial charge in [0.05, 0.1) is 12.1 Å². The molecule has 0 bridgehead atoms. The smallest absolute Gasteiger partial charge is 0.216 e. The van der Waals surface area contributed by atoms with Gasteiger partial charge in [-0.1, -0.05) is 32.0 Å². The Morgan fingerprint density at radius 1 is 1.11 bits per heavy atom. The topological polar surface area (TPSA) is 21.4 Å². The van der Waals surface area contributed by atoms with E-state index < -0.39 is 6.37 Å². The Morgan fingerprint density at radius 2 is 1.89 bits per heavy atom. The SMILES string of the molecule is [2H]C([2H])(c1cc(C)[n+](C)c(-c2c(C)ccc3c2oc2ccc([N+]#[C-])cc23)c1)C(C)C. The zero-order valence-corrected chi connectivity index (χ0v) is 16.9. The second kappa shape index (κ2) is 6.80. The van der Waals surface area contributed by atoms with Gasteiger partial charge in [-0.05, 0) is 42.5 Å². The van der Waals surface area contributed by atoms with Crippen LogP contribution in [0.5, 0.6) is 0 Å². The zero-order valence-electron chi connectivity index (χ0n) is 18.9. The first-order chi connectivity index (χ1) is 14.1. The Labute approximate surface area is 168 Å². The molecule has 140 valence electrons. The van der Waals surface area contributed by atoms with Crippen LogP contribution >= 0.6 is 0 Å². The molecule has 0 aliphatic rings. The van der Waals surface area contributed by atoms with Crippen LogP contribution in [-0.2, 0) is 13.4 Å². The summed E-state index contributed by atoms with van der Waals surface area (Å²) in [6.45, 7) is 15.2. The Balaban J connectivity index is 2.08. The first-order valence-electron chi connectivity index (χ1n) is 10.5. The van der Waals surface area contributed by atoms with E-state index in [0.717, 1.165) is 44.5 Å². The molecule has 0 spiro atoms. The number of fused-ring (bicyclic) bond motifs is 3. The average Bonchev–Trinajstić information content (AvgIpc) is 3.07. The van der Waals surface area contributed by atoms with Gasteiger partial charge in [0.2, 0.25) is 5.69 Å². The molecule has 0 atom stereocenters. The van der Waals surface area contributed by atoms with E-state index in [2.05, 4.69) is 15.5 Å². The summed E-state index contributed by atoms with van der Waals surface area (Å²) < 4.78 is 25.6. The average molecular weight is 372 g/mol. The van der Waals surface area contributed by atoms with Crippen LogP contribution in [0.4, 0.5) is 5.69 Å². The maximum absolute atomic E-state index is 8.60. The molecule has 2 heterocycles. The van der Waals surface area contributed by atoms with Gasteiger partial charge in [-0.15, -0.1) is 0 Å². The maximum Gasteiger partial charge on any atom is 0.216 e. The second-order valence-corrected chi connectivity index (χ2v) is 7.66. The number of benzene rings is 2. The molecule has 0 unspecified atom stereocenters. The molecule has 28 heavy (non-hydrogen) atoms. The zero-order chi connectivity index (χ0) is 21.8. The summed E-state index contributed by atoms with van der Waals surface area (Å²) in [5.41, 5.74) is 6.69. The monoisotopic (exact) mass is 371 g/mol. The summed E-state index contributed by atoms with van der Waals surface area (Å²) in [7, 11) is 2.00. The van der Waals surface area contributed by atoms with Crippen molar-refractivity contribution in [1.82, 2.24) is 0 Å². The molecule has 0 fully saturated rings. The summed E-state index contributed by atoms with van der Waals surface area (Å²) in [4.78, 5) is 3.55. The minimum absolute atomic E-state index is 0.146. The van der Waals surface area contributed by atoms with Crippen LogP contribution in [0.3, 0.4) is 0 Å².